The number of methoxy groups -OCH3 is 1. The third-order valence-electron chi connectivity index (χ3n) is 2.85. The predicted molar refractivity (Wildman–Crippen MR) is 75.1 cm³/mol. The number of aryl methyl sites for hydroxylation is 1. The van der Waals surface area contributed by atoms with Gasteiger partial charge in [-0.2, -0.15) is 0 Å². The van der Waals surface area contributed by atoms with Crippen LogP contribution in [-0.2, 0) is 6.54 Å². The summed E-state index contributed by atoms with van der Waals surface area (Å²) in [7, 11) is 1.69. The first-order valence-corrected chi connectivity index (χ1v) is 6.79. The minimum absolute atomic E-state index is 0.294. The van der Waals surface area contributed by atoms with Crippen LogP contribution in [0.3, 0.4) is 0 Å². The van der Waals surface area contributed by atoms with Crippen molar-refractivity contribution < 1.29 is 4.74 Å². The summed E-state index contributed by atoms with van der Waals surface area (Å²) in [5, 5.41) is 4.61. The Morgan fingerprint density at radius 2 is 2.28 bits per heavy atom. The van der Waals surface area contributed by atoms with E-state index < -0.39 is 0 Å². The van der Waals surface area contributed by atoms with Crippen molar-refractivity contribution in [2.24, 2.45) is 0 Å². The highest BCUT2D eigenvalue weighted by atomic mass is 32.1. The SMILES string of the molecule is COc1cccc(C(C)NCc2cnc(C)s2)c1. The maximum absolute atomic E-state index is 5.24. The fraction of sp³-hybridized carbons (Fsp3) is 0.357. The highest BCUT2D eigenvalue weighted by Crippen LogP contribution is 2.19. The predicted octanol–water partition coefficient (Wildman–Crippen LogP) is 3.31. The van der Waals surface area contributed by atoms with Crippen molar-refractivity contribution in [2.45, 2.75) is 26.4 Å². The minimum atomic E-state index is 0.294. The molecular formula is C14H18N2OS. The molecule has 0 amide bonds. The van der Waals surface area contributed by atoms with Crippen LogP contribution in [0, 0.1) is 6.92 Å². The molecule has 3 nitrogen and oxygen atoms in total. The van der Waals surface area contributed by atoms with Gasteiger partial charge in [-0.1, -0.05) is 12.1 Å². The van der Waals surface area contributed by atoms with Crippen molar-refractivity contribution in [1.29, 1.82) is 0 Å². The molecule has 0 radical (unpaired) electrons. The summed E-state index contributed by atoms with van der Waals surface area (Å²) in [5.74, 6) is 0.898. The van der Waals surface area contributed by atoms with Gasteiger partial charge in [0.25, 0.3) is 0 Å². The monoisotopic (exact) mass is 262 g/mol. The average Bonchev–Trinajstić information content (AvgIpc) is 2.82. The molecule has 2 rings (SSSR count). The fourth-order valence-electron chi connectivity index (χ4n) is 1.77. The van der Waals surface area contributed by atoms with Crippen molar-refractivity contribution in [2.75, 3.05) is 7.11 Å². The molecular weight excluding hydrogens is 244 g/mol. The van der Waals surface area contributed by atoms with Gasteiger partial charge in [0, 0.05) is 23.7 Å². The van der Waals surface area contributed by atoms with E-state index in [1.807, 2.05) is 25.3 Å². The van der Waals surface area contributed by atoms with Gasteiger partial charge in [-0.05, 0) is 31.5 Å². The zero-order valence-electron chi connectivity index (χ0n) is 10.9. The number of benzene rings is 1. The standard InChI is InChI=1S/C14H18N2OS/c1-10(12-5-4-6-13(7-12)17-3)15-8-14-9-16-11(2)18-14/h4-7,9-10,15H,8H2,1-3H3. The van der Waals surface area contributed by atoms with Gasteiger partial charge in [-0.25, -0.2) is 4.98 Å². The number of rotatable bonds is 5. The van der Waals surface area contributed by atoms with E-state index in [0.717, 1.165) is 17.3 Å². The zero-order chi connectivity index (χ0) is 13.0. The summed E-state index contributed by atoms with van der Waals surface area (Å²) in [6.07, 6.45) is 1.94. The molecule has 1 unspecified atom stereocenters. The van der Waals surface area contributed by atoms with Crippen LogP contribution in [0.1, 0.15) is 28.4 Å². The Hall–Kier alpha value is -1.39. The smallest absolute Gasteiger partial charge is 0.119 e. The van der Waals surface area contributed by atoms with Crippen molar-refractivity contribution in [1.82, 2.24) is 10.3 Å². The molecule has 1 N–H and O–H groups in total. The van der Waals surface area contributed by atoms with E-state index in [4.69, 9.17) is 4.74 Å². The van der Waals surface area contributed by atoms with Crippen molar-refractivity contribution in [3.05, 3.63) is 45.9 Å². The third kappa shape index (κ3) is 3.31. The first kappa shape index (κ1) is 13.1. The summed E-state index contributed by atoms with van der Waals surface area (Å²) < 4.78 is 5.24. The lowest BCUT2D eigenvalue weighted by Crippen LogP contribution is -2.17. The molecule has 2 aromatic rings. The Bertz CT molecular complexity index is 510. The van der Waals surface area contributed by atoms with Crippen LogP contribution in [0.5, 0.6) is 5.75 Å². The van der Waals surface area contributed by atoms with E-state index in [1.54, 1.807) is 18.4 Å². The Morgan fingerprint density at radius 3 is 2.94 bits per heavy atom. The van der Waals surface area contributed by atoms with Gasteiger partial charge < -0.3 is 10.1 Å². The lowest BCUT2D eigenvalue weighted by atomic mass is 10.1. The second-order valence-corrected chi connectivity index (χ2v) is 5.54. The molecule has 0 fully saturated rings. The van der Waals surface area contributed by atoms with Gasteiger partial charge in [0.2, 0.25) is 0 Å². The Balaban J connectivity index is 1.96. The largest absolute Gasteiger partial charge is 0.497 e. The van der Waals surface area contributed by atoms with Gasteiger partial charge in [0.05, 0.1) is 12.1 Å². The number of hydrogen-bond acceptors (Lipinski definition) is 4. The number of thiazole rings is 1. The summed E-state index contributed by atoms with van der Waals surface area (Å²) in [6, 6.07) is 8.45. The van der Waals surface area contributed by atoms with E-state index in [0.29, 0.717) is 6.04 Å². The molecule has 1 heterocycles. The minimum Gasteiger partial charge on any atom is -0.497 e. The van der Waals surface area contributed by atoms with Crippen LogP contribution in [0.2, 0.25) is 0 Å². The van der Waals surface area contributed by atoms with E-state index in [9.17, 15) is 0 Å². The number of nitrogens with zero attached hydrogens (tertiary/aromatic N) is 1. The summed E-state index contributed by atoms with van der Waals surface area (Å²) in [4.78, 5) is 5.52. The van der Waals surface area contributed by atoms with Crippen molar-refractivity contribution in [3.8, 4) is 5.75 Å². The molecule has 0 saturated heterocycles. The molecule has 1 aromatic heterocycles. The van der Waals surface area contributed by atoms with Gasteiger partial charge in [-0.15, -0.1) is 11.3 Å². The zero-order valence-corrected chi connectivity index (χ0v) is 11.8. The van der Waals surface area contributed by atoms with Crippen LogP contribution in [0.25, 0.3) is 0 Å². The van der Waals surface area contributed by atoms with Gasteiger partial charge in [0.1, 0.15) is 5.75 Å². The first-order chi connectivity index (χ1) is 8.69. The van der Waals surface area contributed by atoms with Crippen molar-refractivity contribution in [3.63, 3.8) is 0 Å². The number of nitrogens with one attached hydrogen (secondary N) is 1. The molecule has 0 saturated carbocycles. The second-order valence-electron chi connectivity index (χ2n) is 4.22. The van der Waals surface area contributed by atoms with Gasteiger partial charge in [-0.3, -0.25) is 0 Å². The molecule has 0 aliphatic carbocycles. The molecule has 4 heteroatoms. The molecule has 0 bridgehead atoms. The summed E-state index contributed by atoms with van der Waals surface area (Å²) in [5.41, 5.74) is 1.23. The van der Waals surface area contributed by atoms with Crippen LogP contribution >= 0.6 is 11.3 Å². The molecule has 0 aliphatic rings. The van der Waals surface area contributed by atoms with E-state index in [-0.39, 0.29) is 0 Å². The van der Waals surface area contributed by atoms with E-state index in [1.165, 1.54) is 10.4 Å². The Kier molecular flexibility index (Phi) is 4.33. The number of hydrogen-bond donors (Lipinski definition) is 1. The molecule has 18 heavy (non-hydrogen) atoms. The average molecular weight is 262 g/mol. The lowest BCUT2D eigenvalue weighted by molar-refractivity contribution is 0.413. The van der Waals surface area contributed by atoms with Crippen molar-refractivity contribution >= 4 is 11.3 Å². The maximum atomic E-state index is 5.24. The van der Waals surface area contributed by atoms with E-state index in [2.05, 4.69) is 29.4 Å². The fourth-order valence-corrected chi connectivity index (χ4v) is 2.52. The Labute approximate surface area is 112 Å². The van der Waals surface area contributed by atoms with Crippen LogP contribution in [0.15, 0.2) is 30.5 Å². The highest BCUT2D eigenvalue weighted by Gasteiger charge is 2.06. The van der Waals surface area contributed by atoms with Crippen LogP contribution in [0.4, 0.5) is 0 Å². The first-order valence-electron chi connectivity index (χ1n) is 5.97. The van der Waals surface area contributed by atoms with Crippen LogP contribution < -0.4 is 10.1 Å². The number of aromatic nitrogens is 1. The molecule has 0 aliphatic heterocycles. The normalized spacial score (nSPS) is 12.4. The highest BCUT2D eigenvalue weighted by molar-refractivity contribution is 7.11. The topological polar surface area (TPSA) is 34.1 Å². The molecule has 0 spiro atoms. The lowest BCUT2D eigenvalue weighted by Gasteiger charge is -2.14. The molecule has 96 valence electrons. The third-order valence-corrected chi connectivity index (χ3v) is 3.76. The summed E-state index contributed by atoms with van der Waals surface area (Å²) >= 11 is 1.73. The molecule has 1 aromatic carbocycles. The second kappa shape index (κ2) is 5.98. The molecule has 1 atom stereocenters. The van der Waals surface area contributed by atoms with Gasteiger partial charge in [0.15, 0.2) is 0 Å². The summed E-state index contributed by atoms with van der Waals surface area (Å²) in [6.45, 7) is 5.03. The number of ether oxygens (including phenoxy) is 1. The maximum Gasteiger partial charge on any atom is 0.119 e. The van der Waals surface area contributed by atoms with Gasteiger partial charge >= 0.3 is 0 Å². The van der Waals surface area contributed by atoms with Crippen LogP contribution in [-0.4, -0.2) is 12.1 Å². The Morgan fingerprint density at radius 1 is 1.44 bits per heavy atom. The quantitative estimate of drug-likeness (QED) is 0.897. The van der Waals surface area contributed by atoms with E-state index >= 15 is 0 Å².